The maximum atomic E-state index is 12.7. The van der Waals surface area contributed by atoms with Crippen LogP contribution in [0.2, 0.25) is 0 Å². The van der Waals surface area contributed by atoms with E-state index in [0.29, 0.717) is 23.7 Å². The molecule has 3 rings (SSSR count). The lowest BCUT2D eigenvalue weighted by Crippen LogP contribution is -2.34. The molecule has 2 N–H and O–H groups in total. The van der Waals surface area contributed by atoms with Crippen molar-refractivity contribution in [2.75, 3.05) is 16.8 Å². The van der Waals surface area contributed by atoms with E-state index in [1.54, 1.807) is 36.4 Å². The van der Waals surface area contributed by atoms with E-state index in [9.17, 15) is 14.4 Å². The molecule has 0 spiro atoms. The molecule has 2 aromatic rings. The molecule has 7 heteroatoms. The van der Waals surface area contributed by atoms with E-state index >= 15 is 0 Å². The number of nitrogens with one attached hydrogen (secondary N) is 1. The van der Waals surface area contributed by atoms with E-state index in [2.05, 4.69) is 5.32 Å². The molecule has 1 saturated heterocycles. The summed E-state index contributed by atoms with van der Waals surface area (Å²) in [6.07, 6.45) is 0.930. The molecule has 0 aliphatic carbocycles. The zero-order valence-corrected chi connectivity index (χ0v) is 14.8. The summed E-state index contributed by atoms with van der Waals surface area (Å²) in [6, 6.07) is 12.2. The molecule has 27 heavy (non-hydrogen) atoms. The highest BCUT2D eigenvalue weighted by molar-refractivity contribution is 6.23. The first-order chi connectivity index (χ1) is 13.0. The molecule has 1 fully saturated rings. The molecule has 0 saturated carbocycles. The number of rotatable bonds is 7. The fourth-order valence-electron chi connectivity index (χ4n) is 2.84. The number of ether oxygens (including phenoxy) is 1. The van der Waals surface area contributed by atoms with Crippen LogP contribution in [0.3, 0.4) is 0 Å². The van der Waals surface area contributed by atoms with Crippen molar-refractivity contribution in [3.05, 3.63) is 54.1 Å². The minimum absolute atomic E-state index is 0.0353. The molecule has 0 aromatic heterocycles. The second kappa shape index (κ2) is 7.90. The molecule has 0 radical (unpaired) electrons. The van der Waals surface area contributed by atoms with Crippen molar-refractivity contribution in [1.82, 2.24) is 0 Å². The van der Waals surface area contributed by atoms with Gasteiger partial charge in [0.2, 0.25) is 5.91 Å². The zero-order chi connectivity index (χ0) is 19.4. The van der Waals surface area contributed by atoms with Crippen LogP contribution in [0.15, 0.2) is 48.5 Å². The summed E-state index contributed by atoms with van der Waals surface area (Å²) in [7, 11) is 0. The van der Waals surface area contributed by atoms with Gasteiger partial charge in [0.1, 0.15) is 11.8 Å². The first kappa shape index (κ1) is 18.4. The number of hydrogen-bond donors (Lipinski definition) is 2. The quantitative estimate of drug-likeness (QED) is 0.730. The first-order valence-electron chi connectivity index (χ1n) is 8.69. The second-order valence-electron chi connectivity index (χ2n) is 6.19. The van der Waals surface area contributed by atoms with Gasteiger partial charge in [-0.1, -0.05) is 6.92 Å². The van der Waals surface area contributed by atoms with Gasteiger partial charge in [-0.25, -0.2) is 9.69 Å². The number of imide groups is 1. The van der Waals surface area contributed by atoms with Crippen LogP contribution >= 0.6 is 0 Å². The van der Waals surface area contributed by atoms with Gasteiger partial charge in [-0.05, 0) is 55.0 Å². The Morgan fingerprint density at radius 3 is 2.41 bits per heavy atom. The van der Waals surface area contributed by atoms with Gasteiger partial charge in [-0.15, -0.1) is 0 Å². The second-order valence-corrected chi connectivity index (χ2v) is 6.19. The number of carboxylic acid groups (broad SMARTS) is 1. The van der Waals surface area contributed by atoms with Crippen LogP contribution < -0.4 is 15.0 Å². The first-order valence-corrected chi connectivity index (χ1v) is 8.69. The van der Waals surface area contributed by atoms with E-state index in [1.807, 2.05) is 6.92 Å². The number of amides is 2. The highest BCUT2D eigenvalue weighted by atomic mass is 16.5. The van der Waals surface area contributed by atoms with Crippen molar-refractivity contribution < 1.29 is 24.2 Å². The summed E-state index contributed by atoms with van der Waals surface area (Å²) in [6.45, 7) is 2.62. The molecule has 1 aliphatic heterocycles. The molecule has 0 bridgehead atoms. The van der Waals surface area contributed by atoms with Crippen molar-refractivity contribution in [3.63, 3.8) is 0 Å². The Bertz CT molecular complexity index is 846. The van der Waals surface area contributed by atoms with Crippen LogP contribution in [-0.4, -0.2) is 35.5 Å². The smallest absolute Gasteiger partial charge is 0.335 e. The highest BCUT2D eigenvalue weighted by Crippen LogP contribution is 2.27. The Balaban J connectivity index is 1.70. The van der Waals surface area contributed by atoms with E-state index in [4.69, 9.17) is 9.84 Å². The Morgan fingerprint density at radius 2 is 1.81 bits per heavy atom. The molecular weight excluding hydrogens is 348 g/mol. The molecule has 1 heterocycles. The number of carbonyl (C=O) groups is 3. The van der Waals surface area contributed by atoms with Gasteiger partial charge in [-0.2, -0.15) is 0 Å². The van der Waals surface area contributed by atoms with Crippen molar-refractivity contribution in [2.45, 2.75) is 25.8 Å². The summed E-state index contributed by atoms with van der Waals surface area (Å²) < 4.78 is 5.51. The Hall–Kier alpha value is -3.35. The van der Waals surface area contributed by atoms with Crippen LogP contribution in [0, 0.1) is 0 Å². The van der Waals surface area contributed by atoms with Gasteiger partial charge in [0.15, 0.2) is 0 Å². The number of nitrogens with zero attached hydrogens (tertiary/aromatic N) is 1. The van der Waals surface area contributed by atoms with Gasteiger partial charge in [-0.3, -0.25) is 9.59 Å². The largest absolute Gasteiger partial charge is 0.494 e. The van der Waals surface area contributed by atoms with E-state index in [1.165, 1.54) is 12.1 Å². The predicted molar refractivity (Wildman–Crippen MR) is 100 cm³/mol. The Kier molecular flexibility index (Phi) is 5.40. The van der Waals surface area contributed by atoms with Crippen molar-refractivity contribution >= 4 is 29.2 Å². The van der Waals surface area contributed by atoms with Crippen LogP contribution in [0.25, 0.3) is 0 Å². The molecule has 2 aromatic carbocycles. The monoisotopic (exact) mass is 368 g/mol. The minimum Gasteiger partial charge on any atom is -0.494 e. The molecule has 140 valence electrons. The predicted octanol–water partition coefficient (Wildman–Crippen LogP) is 2.92. The van der Waals surface area contributed by atoms with Crippen LogP contribution in [0.4, 0.5) is 11.4 Å². The fourth-order valence-corrected chi connectivity index (χ4v) is 2.84. The van der Waals surface area contributed by atoms with Gasteiger partial charge >= 0.3 is 5.97 Å². The summed E-state index contributed by atoms with van der Waals surface area (Å²) in [4.78, 5) is 37.1. The fraction of sp³-hybridized carbons (Fsp3) is 0.250. The third-order valence-corrected chi connectivity index (χ3v) is 4.19. The molecule has 7 nitrogen and oxygen atoms in total. The maximum Gasteiger partial charge on any atom is 0.335 e. The zero-order valence-electron chi connectivity index (χ0n) is 14.8. The minimum atomic E-state index is -1.02. The van der Waals surface area contributed by atoms with Crippen molar-refractivity contribution in [3.8, 4) is 5.75 Å². The maximum absolute atomic E-state index is 12.7. The van der Waals surface area contributed by atoms with E-state index < -0.39 is 12.0 Å². The van der Waals surface area contributed by atoms with Crippen molar-refractivity contribution in [2.24, 2.45) is 0 Å². The third-order valence-electron chi connectivity index (χ3n) is 4.19. The highest BCUT2D eigenvalue weighted by Gasteiger charge is 2.39. The summed E-state index contributed by atoms with van der Waals surface area (Å²) in [5.74, 6) is -0.967. The number of benzene rings is 2. The third kappa shape index (κ3) is 4.08. The average molecular weight is 368 g/mol. The van der Waals surface area contributed by atoms with E-state index in [0.717, 1.165) is 11.3 Å². The molecular formula is C20H20N2O5. The van der Waals surface area contributed by atoms with Crippen LogP contribution in [-0.2, 0) is 9.59 Å². The lowest BCUT2D eigenvalue weighted by atomic mass is 10.2. The number of aromatic carboxylic acids is 1. The van der Waals surface area contributed by atoms with E-state index in [-0.39, 0.29) is 23.8 Å². The van der Waals surface area contributed by atoms with Gasteiger partial charge < -0.3 is 15.2 Å². The molecule has 1 aliphatic rings. The van der Waals surface area contributed by atoms with Gasteiger partial charge in [0.05, 0.1) is 24.3 Å². The summed E-state index contributed by atoms with van der Waals surface area (Å²) >= 11 is 0. The van der Waals surface area contributed by atoms with Crippen molar-refractivity contribution in [1.29, 1.82) is 0 Å². The molecule has 1 unspecified atom stereocenters. The summed E-state index contributed by atoms with van der Waals surface area (Å²) in [5, 5.41) is 11.9. The lowest BCUT2D eigenvalue weighted by Gasteiger charge is -2.16. The number of carboxylic acids is 1. The number of hydrogen-bond acceptors (Lipinski definition) is 5. The normalized spacial score (nSPS) is 16.5. The van der Waals surface area contributed by atoms with Gasteiger partial charge in [0.25, 0.3) is 5.91 Å². The number of anilines is 2. The molecule has 2 amide bonds. The number of carbonyl (C=O) groups excluding carboxylic acids is 2. The Morgan fingerprint density at radius 1 is 1.15 bits per heavy atom. The van der Waals surface area contributed by atoms with Crippen LogP contribution in [0.1, 0.15) is 30.1 Å². The van der Waals surface area contributed by atoms with Gasteiger partial charge in [0, 0.05) is 5.69 Å². The van der Waals surface area contributed by atoms with Crippen LogP contribution in [0.5, 0.6) is 5.75 Å². The standard InChI is InChI=1S/C20H20N2O5/c1-2-11-27-16-9-7-15(8-10-16)22-18(23)12-17(19(22)24)21-14-5-3-13(4-6-14)20(25)26/h3-10,17,21H,2,11-12H2,1H3,(H,25,26). The topological polar surface area (TPSA) is 95.9 Å². The molecule has 1 atom stereocenters. The lowest BCUT2D eigenvalue weighted by molar-refractivity contribution is -0.121. The average Bonchev–Trinajstić information content (AvgIpc) is 2.94. The SMILES string of the molecule is CCCOc1ccc(N2C(=O)CC(Nc3ccc(C(=O)O)cc3)C2=O)cc1. The Labute approximate surface area is 156 Å². The summed E-state index contributed by atoms with van der Waals surface area (Å²) in [5.41, 5.74) is 1.23.